The van der Waals surface area contributed by atoms with Crippen molar-refractivity contribution in [2.75, 3.05) is 10.4 Å². The first-order valence-corrected chi connectivity index (χ1v) is 8.13. The number of primary amides is 1. The topological polar surface area (TPSA) is 126 Å². The van der Waals surface area contributed by atoms with Crippen molar-refractivity contribution in [3.63, 3.8) is 0 Å². The molecule has 1 atom stereocenters. The number of carbonyl (C=O) groups is 2. The number of nitrogens with two attached hydrogens (primary N) is 1. The SMILES string of the molecule is Cc1cc(C)nc(NNC(=O)C2=NN(c3ccc(F)cc3)C(C(N)=O)C2)n1. The number of nitrogens with one attached hydrogen (secondary N) is 2. The van der Waals surface area contributed by atoms with Crippen LogP contribution in [0.15, 0.2) is 35.4 Å². The number of carbonyl (C=O) groups excluding carboxylic acids is 2. The fraction of sp³-hybridized carbons (Fsp3) is 0.235. The zero-order valence-corrected chi connectivity index (χ0v) is 14.7. The Kier molecular flexibility index (Phi) is 4.97. The van der Waals surface area contributed by atoms with Crippen LogP contribution in [-0.2, 0) is 9.59 Å². The lowest BCUT2D eigenvalue weighted by Gasteiger charge is -2.20. The number of aryl methyl sites for hydroxylation is 2. The van der Waals surface area contributed by atoms with Gasteiger partial charge in [0.25, 0.3) is 5.91 Å². The van der Waals surface area contributed by atoms with E-state index >= 15 is 0 Å². The summed E-state index contributed by atoms with van der Waals surface area (Å²) in [6.45, 7) is 3.61. The van der Waals surface area contributed by atoms with Crippen molar-refractivity contribution in [1.29, 1.82) is 0 Å². The molecule has 2 heterocycles. The highest BCUT2D eigenvalue weighted by Gasteiger charge is 2.35. The van der Waals surface area contributed by atoms with Gasteiger partial charge in [0.05, 0.1) is 5.69 Å². The molecule has 1 aliphatic heterocycles. The minimum Gasteiger partial charge on any atom is -0.368 e. The number of halogens is 1. The molecular weight excluding hydrogens is 353 g/mol. The van der Waals surface area contributed by atoms with E-state index in [2.05, 4.69) is 25.9 Å². The van der Waals surface area contributed by atoms with Gasteiger partial charge in [0.2, 0.25) is 11.9 Å². The van der Waals surface area contributed by atoms with Crippen molar-refractivity contribution >= 4 is 29.2 Å². The standard InChI is InChI=1S/C17H18FN7O2/c1-9-7-10(2)21-17(20-9)23-22-16(27)13-8-14(15(19)26)25(24-13)12-5-3-11(18)4-6-12/h3-7,14H,8H2,1-2H3,(H2,19,26)(H,22,27)(H,20,21,23). The molecule has 10 heteroatoms. The predicted molar refractivity (Wildman–Crippen MR) is 97.2 cm³/mol. The fourth-order valence-corrected chi connectivity index (χ4v) is 2.67. The summed E-state index contributed by atoms with van der Waals surface area (Å²) in [6, 6.07) is 6.34. The third kappa shape index (κ3) is 4.17. The number of hydrogen-bond acceptors (Lipinski definition) is 7. The number of amides is 2. The second-order valence-electron chi connectivity index (χ2n) is 6.04. The molecule has 1 aromatic heterocycles. The highest BCUT2D eigenvalue weighted by Crippen LogP contribution is 2.24. The molecule has 3 rings (SSSR count). The summed E-state index contributed by atoms with van der Waals surface area (Å²) in [6.07, 6.45) is 0.0218. The van der Waals surface area contributed by atoms with E-state index in [0.717, 1.165) is 11.4 Å². The van der Waals surface area contributed by atoms with Crippen LogP contribution in [-0.4, -0.2) is 33.5 Å². The second kappa shape index (κ2) is 7.36. The minimum atomic E-state index is -0.839. The van der Waals surface area contributed by atoms with Gasteiger partial charge in [-0.25, -0.2) is 14.4 Å². The van der Waals surface area contributed by atoms with Crippen molar-refractivity contribution in [3.05, 3.63) is 47.5 Å². The maximum Gasteiger partial charge on any atom is 0.285 e. The van der Waals surface area contributed by atoms with Crippen LogP contribution in [0.5, 0.6) is 0 Å². The van der Waals surface area contributed by atoms with Crippen molar-refractivity contribution < 1.29 is 14.0 Å². The molecule has 0 saturated heterocycles. The van der Waals surface area contributed by atoms with E-state index in [1.165, 1.54) is 29.3 Å². The highest BCUT2D eigenvalue weighted by molar-refractivity contribution is 6.40. The molecule has 0 bridgehead atoms. The zero-order chi connectivity index (χ0) is 19.6. The quantitative estimate of drug-likeness (QED) is 0.668. The van der Waals surface area contributed by atoms with Gasteiger partial charge in [0.1, 0.15) is 17.6 Å². The Morgan fingerprint density at radius 2 is 1.81 bits per heavy atom. The van der Waals surface area contributed by atoms with E-state index in [0.29, 0.717) is 5.69 Å². The van der Waals surface area contributed by atoms with Crippen molar-refractivity contribution in [3.8, 4) is 0 Å². The molecule has 27 heavy (non-hydrogen) atoms. The first-order chi connectivity index (χ1) is 12.8. The number of benzene rings is 1. The van der Waals surface area contributed by atoms with E-state index in [9.17, 15) is 14.0 Å². The fourth-order valence-electron chi connectivity index (χ4n) is 2.67. The van der Waals surface area contributed by atoms with Gasteiger partial charge < -0.3 is 5.73 Å². The second-order valence-corrected chi connectivity index (χ2v) is 6.04. The smallest absolute Gasteiger partial charge is 0.285 e. The van der Waals surface area contributed by atoms with Crippen molar-refractivity contribution in [2.45, 2.75) is 26.3 Å². The monoisotopic (exact) mass is 371 g/mol. The highest BCUT2D eigenvalue weighted by atomic mass is 19.1. The van der Waals surface area contributed by atoms with Crippen LogP contribution >= 0.6 is 0 Å². The van der Waals surface area contributed by atoms with Gasteiger partial charge in [-0.2, -0.15) is 5.10 Å². The van der Waals surface area contributed by atoms with E-state index in [-0.39, 0.29) is 18.1 Å². The summed E-state index contributed by atoms with van der Waals surface area (Å²) in [5.74, 6) is -1.38. The molecule has 2 amide bonds. The molecule has 0 spiro atoms. The van der Waals surface area contributed by atoms with Crippen molar-refractivity contribution in [1.82, 2.24) is 15.4 Å². The van der Waals surface area contributed by atoms with Crippen molar-refractivity contribution in [2.24, 2.45) is 10.8 Å². The van der Waals surface area contributed by atoms with Gasteiger partial charge in [-0.3, -0.25) is 25.4 Å². The number of hydrazone groups is 1. The van der Waals surface area contributed by atoms with Crippen LogP contribution in [0.25, 0.3) is 0 Å². The Labute approximate surface area is 154 Å². The lowest BCUT2D eigenvalue weighted by atomic mass is 10.1. The first kappa shape index (κ1) is 18.2. The number of hydrazine groups is 1. The third-order valence-corrected chi connectivity index (χ3v) is 3.86. The number of hydrogen-bond donors (Lipinski definition) is 3. The normalized spacial score (nSPS) is 16.0. The molecule has 2 aromatic rings. The summed E-state index contributed by atoms with van der Waals surface area (Å²) in [5, 5.41) is 5.48. The van der Waals surface area contributed by atoms with E-state index in [1.54, 1.807) is 19.9 Å². The molecule has 0 fully saturated rings. The average molecular weight is 371 g/mol. The summed E-state index contributed by atoms with van der Waals surface area (Å²) in [5.41, 5.74) is 12.5. The minimum absolute atomic E-state index is 0.0218. The Morgan fingerprint density at radius 3 is 2.41 bits per heavy atom. The van der Waals surface area contributed by atoms with Gasteiger partial charge >= 0.3 is 0 Å². The van der Waals surface area contributed by atoms with E-state index in [4.69, 9.17) is 5.73 Å². The molecule has 4 N–H and O–H groups in total. The molecule has 1 unspecified atom stereocenters. The molecule has 0 saturated carbocycles. The van der Waals surface area contributed by atoms with Crippen LogP contribution in [0.1, 0.15) is 17.8 Å². The Bertz CT molecular complexity index is 894. The summed E-state index contributed by atoms with van der Waals surface area (Å²) >= 11 is 0. The first-order valence-electron chi connectivity index (χ1n) is 8.13. The maximum atomic E-state index is 13.1. The van der Waals surface area contributed by atoms with Gasteiger partial charge in [-0.05, 0) is 44.2 Å². The predicted octanol–water partition coefficient (Wildman–Crippen LogP) is 0.796. The average Bonchev–Trinajstić information content (AvgIpc) is 3.05. The van der Waals surface area contributed by atoms with Gasteiger partial charge in [-0.15, -0.1) is 0 Å². The summed E-state index contributed by atoms with van der Waals surface area (Å²) < 4.78 is 13.1. The zero-order valence-electron chi connectivity index (χ0n) is 14.7. The largest absolute Gasteiger partial charge is 0.368 e. The number of anilines is 2. The van der Waals surface area contributed by atoms with Gasteiger partial charge in [-0.1, -0.05) is 0 Å². The lowest BCUT2D eigenvalue weighted by molar-refractivity contribution is -0.119. The van der Waals surface area contributed by atoms with Crippen LogP contribution in [0.4, 0.5) is 16.0 Å². The molecule has 0 aliphatic carbocycles. The Morgan fingerprint density at radius 1 is 1.19 bits per heavy atom. The van der Waals surface area contributed by atoms with Gasteiger partial charge in [0, 0.05) is 17.8 Å². The van der Waals surface area contributed by atoms with Gasteiger partial charge in [0.15, 0.2) is 0 Å². The number of rotatable bonds is 5. The van der Waals surface area contributed by atoms with E-state index in [1.807, 2.05) is 0 Å². The molecular formula is C17H18FN7O2. The Hall–Kier alpha value is -3.56. The van der Waals surface area contributed by atoms with Crippen LogP contribution in [0, 0.1) is 19.7 Å². The van der Waals surface area contributed by atoms with Crippen LogP contribution in [0.2, 0.25) is 0 Å². The van der Waals surface area contributed by atoms with E-state index < -0.39 is 23.7 Å². The molecule has 1 aromatic carbocycles. The van der Waals surface area contributed by atoms with Crippen LogP contribution in [0.3, 0.4) is 0 Å². The molecule has 140 valence electrons. The third-order valence-electron chi connectivity index (χ3n) is 3.86. The van der Waals surface area contributed by atoms with Crippen LogP contribution < -0.4 is 21.6 Å². The summed E-state index contributed by atoms with van der Waals surface area (Å²) in [4.78, 5) is 32.4. The number of nitrogens with zero attached hydrogens (tertiary/aromatic N) is 4. The molecule has 9 nitrogen and oxygen atoms in total. The Balaban J connectivity index is 1.74. The molecule has 1 aliphatic rings. The summed E-state index contributed by atoms with van der Waals surface area (Å²) in [7, 11) is 0. The molecule has 0 radical (unpaired) electrons. The maximum absolute atomic E-state index is 13.1. The lowest BCUT2D eigenvalue weighted by Crippen LogP contribution is -2.40. The number of aromatic nitrogens is 2.